The van der Waals surface area contributed by atoms with Crippen LogP contribution in [-0.4, -0.2) is 38.1 Å². The topological polar surface area (TPSA) is 65.8 Å². The van der Waals surface area contributed by atoms with Gasteiger partial charge in [0.2, 0.25) is 5.43 Å². The summed E-state index contributed by atoms with van der Waals surface area (Å²) in [7, 11) is 3.39. The number of carbonyl (C=O) groups is 1. The fraction of sp³-hybridized carbons (Fsp3) is 0.333. The van der Waals surface area contributed by atoms with Gasteiger partial charge in [-0.15, -0.1) is 11.3 Å². The Morgan fingerprint density at radius 2 is 1.96 bits per heavy atom. The lowest BCUT2D eigenvalue weighted by Gasteiger charge is -2.26. The highest BCUT2D eigenvalue weighted by Crippen LogP contribution is 2.35. The highest BCUT2D eigenvalue weighted by Gasteiger charge is 2.18. The third-order valence-corrected chi connectivity index (χ3v) is 5.91. The maximum Gasteiger partial charge on any atom is 0.321 e. The highest BCUT2D eigenvalue weighted by atomic mass is 32.1. The Balaban J connectivity index is 1.74. The number of anilines is 2. The largest absolute Gasteiger partial charge is 0.439 e. The van der Waals surface area contributed by atoms with Gasteiger partial charge in [-0.25, -0.2) is 4.79 Å². The summed E-state index contributed by atoms with van der Waals surface area (Å²) in [5, 5.41) is 4.80. The molecule has 3 aromatic rings. The van der Waals surface area contributed by atoms with E-state index in [1.54, 1.807) is 20.2 Å². The lowest BCUT2D eigenvalue weighted by Crippen LogP contribution is -2.29. The number of nitrogens with one attached hydrogen (secondary N) is 1. The van der Waals surface area contributed by atoms with E-state index in [0.717, 1.165) is 37.1 Å². The first kappa shape index (κ1) is 18.6. The Morgan fingerprint density at radius 3 is 2.71 bits per heavy atom. The Morgan fingerprint density at radius 1 is 1.18 bits per heavy atom. The zero-order chi connectivity index (χ0) is 19.7. The first-order chi connectivity index (χ1) is 13.5. The van der Waals surface area contributed by atoms with Gasteiger partial charge >= 0.3 is 6.03 Å². The summed E-state index contributed by atoms with van der Waals surface area (Å²) in [6.45, 7) is 1.83. The van der Waals surface area contributed by atoms with Gasteiger partial charge in [0.15, 0.2) is 11.5 Å². The van der Waals surface area contributed by atoms with Crippen molar-refractivity contribution in [2.24, 2.45) is 0 Å². The molecule has 0 unspecified atom stereocenters. The minimum absolute atomic E-state index is 0.00450. The first-order valence-electron chi connectivity index (χ1n) is 9.42. The van der Waals surface area contributed by atoms with E-state index in [0.29, 0.717) is 21.9 Å². The minimum Gasteiger partial charge on any atom is -0.439 e. The monoisotopic (exact) mass is 397 g/mol. The van der Waals surface area contributed by atoms with Crippen molar-refractivity contribution < 1.29 is 9.21 Å². The van der Waals surface area contributed by atoms with Gasteiger partial charge in [0.05, 0.1) is 0 Å². The van der Waals surface area contributed by atoms with Gasteiger partial charge in [-0.05, 0) is 37.0 Å². The van der Waals surface area contributed by atoms with E-state index >= 15 is 0 Å². The summed E-state index contributed by atoms with van der Waals surface area (Å²) in [6, 6.07) is 9.01. The molecule has 4 rings (SSSR count). The molecule has 1 fully saturated rings. The molecule has 2 aromatic heterocycles. The molecule has 1 aliphatic heterocycles. The van der Waals surface area contributed by atoms with Crippen LogP contribution in [0.15, 0.2) is 44.9 Å². The van der Waals surface area contributed by atoms with Crippen LogP contribution in [0, 0.1) is 0 Å². The molecule has 1 N–H and O–H groups in total. The van der Waals surface area contributed by atoms with Crippen LogP contribution in [0.2, 0.25) is 0 Å². The molecule has 1 aromatic carbocycles. The number of hydrogen-bond donors (Lipinski definition) is 1. The van der Waals surface area contributed by atoms with E-state index < -0.39 is 0 Å². The molecular formula is C21H23N3O3S. The van der Waals surface area contributed by atoms with Crippen molar-refractivity contribution in [2.75, 3.05) is 37.4 Å². The fourth-order valence-corrected chi connectivity index (χ4v) is 4.31. The second kappa shape index (κ2) is 7.67. The van der Waals surface area contributed by atoms with Crippen molar-refractivity contribution in [2.45, 2.75) is 19.3 Å². The summed E-state index contributed by atoms with van der Waals surface area (Å²) in [6.07, 6.45) is 3.45. The van der Waals surface area contributed by atoms with E-state index in [1.165, 1.54) is 22.7 Å². The molecule has 0 spiro atoms. The average Bonchev–Trinajstić information content (AvgIpc) is 3.13. The van der Waals surface area contributed by atoms with Crippen molar-refractivity contribution in [3.8, 4) is 11.1 Å². The van der Waals surface area contributed by atoms with Gasteiger partial charge < -0.3 is 19.5 Å². The Kier molecular flexibility index (Phi) is 5.09. The summed E-state index contributed by atoms with van der Waals surface area (Å²) in [5.74, 6) is 0.647. The SMILES string of the molecule is CN(C)C(=O)Nc1cccc(-c2csc3c(=O)cc(N4CCCCC4)oc23)c1. The Labute approximate surface area is 167 Å². The number of rotatable bonds is 3. The van der Waals surface area contributed by atoms with E-state index in [4.69, 9.17) is 4.42 Å². The molecule has 3 heterocycles. The van der Waals surface area contributed by atoms with Crippen LogP contribution in [0.25, 0.3) is 21.4 Å². The predicted molar refractivity (Wildman–Crippen MR) is 115 cm³/mol. The molecule has 0 bridgehead atoms. The second-order valence-corrected chi connectivity index (χ2v) is 8.09. The molecule has 1 aliphatic rings. The van der Waals surface area contributed by atoms with Crippen molar-refractivity contribution in [3.63, 3.8) is 0 Å². The van der Waals surface area contributed by atoms with E-state index in [1.807, 2.05) is 29.6 Å². The zero-order valence-electron chi connectivity index (χ0n) is 16.0. The molecule has 6 nitrogen and oxygen atoms in total. The third kappa shape index (κ3) is 3.62. The maximum atomic E-state index is 12.6. The van der Waals surface area contributed by atoms with Crippen LogP contribution in [0.5, 0.6) is 0 Å². The predicted octanol–water partition coefficient (Wildman–Crippen LogP) is 4.61. The van der Waals surface area contributed by atoms with E-state index in [2.05, 4.69) is 10.2 Å². The number of nitrogens with zero attached hydrogens (tertiary/aromatic N) is 2. The number of piperidine rings is 1. The highest BCUT2D eigenvalue weighted by molar-refractivity contribution is 7.17. The first-order valence-corrected chi connectivity index (χ1v) is 10.3. The van der Waals surface area contributed by atoms with E-state index in [-0.39, 0.29) is 11.5 Å². The number of carbonyl (C=O) groups excluding carboxylic acids is 1. The summed E-state index contributed by atoms with van der Waals surface area (Å²) < 4.78 is 6.83. The summed E-state index contributed by atoms with van der Waals surface area (Å²) in [4.78, 5) is 28.2. The van der Waals surface area contributed by atoms with Crippen LogP contribution < -0.4 is 15.6 Å². The summed E-state index contributed by atoms with van der Waals surface area (Å²) in [5.41, 5.74) is 3.09. The number of thiophene rings is 1. The minimum atomic E-state index is -0.189. The lowest BCUT2D eigenvalue weighted by atomic mass is 10.1. The fourth-order valence-electron chi connectivity index (χ4n) is 3.40. The van der Waals surface area contributed by atoms with E-state index in [9.17, 15) is 9.59 Å². The number of benzene rings is 1. The van der Waals surface area contributed by atoms with Crippen LogP contribution in [0.4, 0.5) is 16.4 Å². The van der Waals surface area contributed by atoms with Gasteiger partial charge in [0.25, 0.3) is 0 Å². The molecule has 2 amide bonds. The standard InChI is InChI=1S/C21H23N3O3S/c1-23(2)21(26)22-15-8-6-7-14(11-15)16-13-28-20-17(25)12-18(27-19(16)20)24-9-4-3-5-10-24/h6-8,11-13H,3-5,9-10H2,1-2H3,(H,22,26). The lowest BCUT2D eigenvalue weighted by molar-refractivity contribution is 0.230. The van der Waals surface area contributed by atoms with Crippen molar-refractivity contribution in [1.82, 2.24) is 4.90 Å². The molecule has 0 saturated carbocycles. The van der Waals surface area contributed by atoms with Crippen molar-refractivity contribution >= 4 is 39.2 Å². The molecular weight excluding hydrogens is 374 g/mol. The maximum absolute atomic E-state index is 12.6. The van der Waals surface area contributed by atoms with Crippen molar-refractivity contribution in [3.05, 3.63) is 45.9 Å². The van der Waals surface area contributed by atoms with Crippen LogP contribution in [0.3, 0.4) is 0 Å². The van der Waals surface area contributed by atoms with Crippen LogP contribution >= 0.6 is 11.3 Å². The Bertz CT molecular complexity index is 1060. The quantitative estimate of drug-likeness (QED) is 0.701. The summed E-state index contributed by atoms with van der Waals surface area (Å²) >= 11 is 1.40. The zero-order valence-corrected chi connectivity index (χ0v) is 16.8. The third-order valence-electron chi connectivity index (χ3n) is 4.93. The molecule has 7 heteroatoms. The second-order valence-electron chi connectivity index (χ2n) is 7.21. The van der Waals surface area contributed by atoms with Crippen LogP contribution in [0.1, 0.15) is 19.3 Å². The van der Waals surface area contributed by atoms with Gasteiger partial charge in [-0.3, -0.25) is 4.79 Å². The normalized spacial score (nSPS) is 14.3. The smallest absolute Gasteiger partial charge is 0.321 e. The molecule has 0 atom stereocenters. The number of amides is 2. The Hall–Kier alpha value is -2.80. The molecule has 146 valence electrons. The molecule has 0 aliphatic carbocycles. The van der Waals surface area contributed by atoms with Crippen LogP contribution in [-0.2, 0) is 0 Å². The molecule has 0 radical (unpaired) electrons. The molecule has 1 saturated heterocycles. The number of hydrogen-bond acceptors (Lipinski definition) is 5. The molecule has 28 heavy (non-hydrogen) atoms. The number of fused-ring (bicyclic) bond motifs is 1. The number of urea groups is 1. The van der Waals surface area contributed by atoms with Gasteiger partial charge in [0, 0.05) is 49.9 Å². The van der Waals surface area contributed by atoms with Gasteiger partial charge in [0.1, 0.15) is 4.70 Å². The van der Waals surface area contributed by atoms with Crippen molar-refractivity contribution in [1.29, 1.82) is 0 Å². The van der Waals surface area contributed by atoms with Gasteiger partial charge in [-0.1, -0.05) is 12.1 Å². The van der Waals surface area contributed by atoms with Gasteiger partial charge in [-0.2, -0.15) is 0 Å². The average molecular weight is 398 g/mol.